The number of aliphatic hydroxyl groups is 1. The molecule has 5 heteroatoms. The average molecular weight is 363 g/mol. The molecule has 1 rings (SSSR count). The van der Waals surface area contributed by atoms with Crippen molar-refractivity contribution in [2.24, 2.45) is 10.7 Å². The van der Waals surface area contributed by atoms with Gasteiger partial charge in [-0.2, -0.15) is 0 Å². The number of benzene rings is 1. The van der Waals surface area contributed by atoms with Gasteiger partial charge >= 0.3 is 0 Å². The van der Waals surface area contributed by atoms with E-state index in [4.69, 9.17) is 10.8 Å². The van der Waals surface area contributed by atoms with Crippen LogP contribution in [0.5, 0.6) is 0 Å². The van der Waals surface area contributed by atoms with E-state index in [-0.39, 0.29) is 36.6 Å². The summed E-state index contributed by atoms with van der Waals surface area (Å²) < 4.78 is 0. The highest BCUT2D eigenvalue weighted by molar-refractivity contribution is 14.0. The number of hydrogen-bond donors (Lipinski definition) is 3. The Labute approximate surface area is 126 Å². The molecule has 0 aliphatic rings. The van der Waals surface area contributed by atoms with Crippen molar-refractivity contribution >= 4 is 35.6 Å². The molecule has 0 saturated heterocycles. The van der Waals surface area contributed by atoms with Crippen LogP contribution >= 0.6 is 24.0 Å². The van der Waals surface area contributed by atoms with Gasteiger partial charge in [0.1, 0.15) is 0 Å². The Balaban J connectivity index is 0.00000289. The van der Waals surface area contributed by atoms with Gasteiger partial charge in [-0.15, -0.1) is 24.0 Å². The quantitative estimate of drug-likeness (QED) is 0.427. The minimum Gasteiger partial charge on any atom is -0.394 e. The van der Waals surface area contributed by atoms with E-state index in [9.17, 15) is 0 Å². The van der Waals surface area contributed by atoms with Crippen molar-refractivity contribution in [2.75, 3.05) is 11.9 Å². The Hall–Kier alpha value is -0.820. The van der Waals surface area contributed by atoms with Gasteiger partial charge in [-0.25, -0.2) is 4.99 Å². The lowest BCUT2D eigenvalue weighted by molar-refractivity contribution is 0.264. The third kappa shape index (κ3) is 5.68. The SMILES string of the molecule is CCc1cccc(NC(N)=N[C@H](CC)CO)c1.I. The fraction of sp³-hybridized carbons (Fsp3) is 0.462. The largest absolute Gasteiger partial charge is 0.394 e. The normalized spacial score (nSPS) is 12.7. The third-order valence-electron chi connectivity index (χ3n) is 2.61. The van der Waals surface area contributed by atoms with Crippen molar-refractivity contribution in [3.63, 3.8) is 0 Å². The molecule has 0 amide bonds. The maximum Gasteiger partial charge on any atom is 0.193 e. The summed E-state index contributed by atoms with van der Waals surface area (Å²) in [6.07, 6.45) is 1.76. The monoisotopic (exact) mass is 363 g/mol. The summed E-state index contributed by atoms with van der Waals surface area (Å²) in [5.41, 5.74) is 7.95. The summed E-state index contributed by atoms with van der Waals surface area (Å²) in [7, 11) is 0. The van der Waals surface area contributed by atoms with Gasteiger partial charge in [-0.1, -0.05) is 26.0 Å². The van der Waals surface area contributed by atoms with Gasteiger partial charge in [0.05, 0.1) is 12.6 Å². The molecule has 0 bridgehead atoms. The van der Waals surface area contributed by atoms with Gasteiger partial charge in [0.25, 0.3) is 0 Å². The van der Waals surface area contributed by atoms with E-state index in [0.29, 0.717) is 5.96 Å². The fourth-order valence-corrected chi connectivity index (χ4v) is 1.51. The van der Waals surface area contributed by atoms with Gasteiger partial charge in [-0.3, -0.25) is 0 Å². The molecule has 0 aliphatic carbocycles. The predicted molar refractivity (Wildman–Crippen MR) is 87.6 cm³/mol. The molecule has 18 heavy (non-hydrogen) atoms. The van der Waals surface area contributed by atoms with Crippen LogP contribution in [0.3, 0.4) is 0 Å². The number of guanidine groups is 1. The first-order valence-corrected chi connectivity index (χ1v) is 5.99. The molecule has 102 valence electrons. The molecule has 1 atom stereocenters. The summed E-state index contributed by atoms with van der Waals surface area (Å²) in [5, 5.41) is 12.1. The first-order chi connectivity index (χ1) is 8.19. The van der Waals surface area contributed by atoms with Crippen LogP contribution in [0.15, 0.2) is 29.3 Å². The topological polar surface area (TPSA) is 70.6 Å². The standard InChI is InChI=1S/C13H21N3O.HI/c1-3-10-6-5-7-12(8-10)16-13(14)15-11(4-2)9-17;/h5-8,11,17H,3-4,9H2,1-2H3,(H3,14,15,16);1H/t11-;/m1./s1. The molecule has 0 radical (unpaired) electrons. The Bertz CT molecular complexity index is 378. The van der Waals surface area contributed by atoms with E-state index < -0.39 is 0 Å². The Morgan fingerprint density at radius 2 is 2.17 bits per heavy atom. The molecule has 0 spiro atoms. The summed E-state index contributed by atoms with van der Waals surface area (Å²) >= 11 is 0. The first kappa shape index (κ1) is 17.2. The van der Waals surface area contributed by atoms with Crippen molar-refractivity contribution < 1.29 is 5.11 Å². The third-order valence-corrected chi connectivity index (χ3v) is 2.61. The van der Waals surface area contributed by atoms with Crippen LogP contribution in [0, 0.1) is 0 Å². The minimum atomic E-state index is -0.128. The lowest BCUT2D eigenvalue weighted by atomic mass is 10.1. The van der Waals surface area contributed by atoms with Gasteiger partial charge in [0.15, 0.2) is 5.96 Å². The van der Waals surface area contributed by atoms with Crippen molar-refractivity contribution in [2.45, 2.75) is 32.7 Å². The van der Waals surface area contributed by atoms with E-state index in [1.165, 1.54) is 5.56 Å². The molecule has 0 unspecified atom stereocenters. The molecule has 4 N–H and O–H groups in total. The number of nitrogens with zero attached hydrogens (tertiary/aromatic N) is 1. The second-order valence-corrected chi connectivity index (χ2v) is 3.94. The number of nitrogens with one attached hydrogen (secondary N) is 1. The Morgan fingerprint density at radius 3 is 2.72 bits per heavy atom. The van der Waals surface area contributed by atoms with Crippen molar-refractivity contribution in [1.82, 2.24) is 0 Å². The lowest BCUT2D eigenvalue weighted by Gasteiger charge is -2.10. The molecule has 0 saturated carbocycles. The Kier molecular flexibility index (Phi) is 8.74. The molecular weight excluding hydrogens is 341 g/mol. The zero-order valence-electron chi connectivity index (χ0n) is 10.9. The van der Waals surface area contributed by atoms with Crippen LogP contribution in [0.4, 0.5) is 5.69 Å². The second-order valence-electron chi connectivity index (χ2n) is 3.94. The first-order valence-electron chi connectivity index (χ1n) is 5.99. The van der Waals surface area contributed by atoms with Gasteiger partial charge in [-0.05, 0) is 30.5 Å². The Morgan fingerprint density at radius 1 is 1.44 bits per heavy atom. The lowest BCUT2D eigenvalue weighted by Crippen LogP contribution is -2.26. The number of anilines is 1. The number of hydrogen-bond acceptors (Lipinski definition) is 2. The molecule has 4 nitrogen and oxygen atoms in total. The molecule has 1 aromatic rings. The molecule has 1 aromatic carbocycles. The van der Waals surface area contributed by atoms with Crippen molar-refractivity contribution in [3.8, 4) is 0 Å². The van der Waals surface area contributed by atoms with Gasteiger partial charge in [0, 0.05) is 5.69 Å². The number of halogens is 1. The summed E-state index contributed by atoms with van der Waals surface area (Å²) in [6.45, 7) is 4.10. The molecule has 0 fully saturated rings. The van der Waals surface area contributed by atoms with Crippen LogP contribution in [0.2, 0.25) is 0 Å². The smallest absolute Gasteiger partial charge is 0.193 e. The molecule has 0 heterocycles. The van der Waals surface area contributed by atoms with Gasteiger partial charge in [0.2, 0.25) is 0 Å². The zero-order valence-corrected chi connectivity index (χ0v) is 13.2. The highest BCUT2D eigenvalue weighted by Crippen LogP contribution is 2.10. The maximum atomic E-state index is 9.03. The van der Waals surface area contributed by atoms with E-state index in [2.05, 4.69) is 23.3 Å². The van der Waals surface area contributed by atoms with Crippen LogP contribution in [-0.4, -0.2) is 23.7 Å². The van der Waals surface area contributed by atoms with E-state index in [0.717, 1.165) is 18.5 Å². The van der Waals surface area contributed by atoms with Crippen LogP contribution < -0.4 is 11.1 Å². The molecular formula is C13H22IN3O. The molecule has 0 aliphatic heterocycles. The minimum absolute atomic E-state index is 0. The van der Waals surface area contributed by atoms with Crippen LogP contribution in [0.25, 0.3) is 0 Å². The van der Waals surface area contributed by atoms with E-state index in [1.807, 2.05) is 25.1 Å². The molecule has 0 aromatic heterocycles. The zero-order chi connectivity index (χ0) is 12.7. The van der Waals surface area contributed by atoms with Crippen molar-refractivity contribution in [1.29, 1.82) is 0 Å². The predicted octanol–water partition coefficient (Wildman–Crippen LogP) is 2.36. The second kappa shape index (κ2) is 9.16. The fourth-order valence-electron chi connectivity index (χ4n) is 1.51. The number of aliphatic imine (C=N–C) groups is 1. The highest BCUT2D eigenvalue weighted by atomic mass is 127. The average Bonchev–Trinajstić information content (AvgIpc) is 2.36. The number of aliphatic hydroxyl groups excluding tert-OH is 1. The number of rotatable bonds is 5. The highest BCUT2D eigenvalue weighted by Gasteiger charge is 2.03. The number of nitrogens with two attached hydrogens (primary N) is 1. The van der Waals surface area contributed by atoms with Crippen LogP contribution in [0.1, 0.15) is 25.8 Å². The summed E-state index contributed by atoms with van der Waals surface area (Å²) in [6, 6.07) is 7.92. The number of aryl methyl sites for hydroxylation is 1. The maximum absolute atomic E-state index is 9.03. The van der Waals surface area contributed by atoms with Gasteiger partial charge < -0.3 is 16.2 Å². The van der Waals surface area contributed by atoms with E-state index >= 15 is 0 Å². The van der Waals surface area contributed by atoms with E-state index in [1.54, 1.807) is 0 Å². The van der Waals surface area contributed by atoms with Crippen molar-refractivity contribution in [3.05, 3.63) is 29.8 Å². The van der Waals surface area contributed by atoms with Crippen LogP contribution in [-0.2, 0) is 6.42 Å². The summed E-state index contributed by atoms with van der Waals surface area (Å²) in [5.74, 6) is 0.346. The summed E-state index contributed by atoms with van der Waals surface area (Å²) in [4.78, 5) is 4.20.